The van der Waals surface area contributed by atoms with E-state index in [9.17, 15) is 22.8 Å². The summed E-state index contributed by atoms with van der Waals surface area (Å²) in [5, 5.41) is -0.574. The van der Waals surface area contributed by atoms with E-state index in [0.717, 1.165) is 0 Å². The molecule has 7 heteroatoms. The number of carbonyl (C=O) groups is 3. The molecule has 0 bridgehead atoms. The molecule has 140 valence electrons. The lowest BCUT2D eigenvalue weighted by atomic mass is 9.79. The van der Waals surface area contributed by atoms with Crippen LogP contribution in [-0.2, 0) is 14.6 Å². The van der Waals surface area contributed by atoms with E-state index in [2.05, 4.69) is 0 Å². The van der Waals surface area contributed by atoms with Crippen molar-refractivity contribution in [2.75, 3.05) is 5.75 Å². The van der Waals surface area contributed by atoms with E-state index in [1.54, 1.807) is 20.8 Å². The molecule has 2 unspecified atom stereocenters. The summed E-state index contributed by atoms with van der Waals surface area (Å²) in [6.07, 6.45) is 1.54. The van der Waals surface area contributed by atoms with Crippen molar-refractivity contribution in [1.82, 2.24) is 0 Å². The number of ketones is 3. The minimum atomic E-state index is -3.62. The molecule has 0 amide bonds. The van der Waals surface area contributed by atoms with Crippen molar-refractivity contribution in [2.45, 2.75) is 50.3 Å². The van der Waals surface area contributed by atoms with E-state index >= 15 is 0 Å². The van der Waals surface area contributed by atoms with E-state index in [0.29, 0.717) is 24.8 Å². The van der Waals surface area contributed by atoms with Gasteiger partial charge >= 0.3 is 0 Å². The lowest BCUT2D eigenvalue weighted by Gasteiger charge is -2.31. The lowest BCUT2D eigenvalue weighted by molar-refractivity contribution is -0.122. The molecule has 0 spiro atoms. The zero-order valence-corrected chi connectivity index (χ0v) is 16.5. The van der Waals surface area contributed by atoms with Crippen molar-refractivity contribution < 1.29 is 22.8 Å². The number of rotatable bonds is 2. The van der Waals surface area contributed by atoms with Gasteiger partial charge in [-0.1, -0.05) is 13.8 Å². The van der Waals surface area contributed by atoms with Crippen LogP contribution in [0.3, 0.4) is 0 Å². The Balaban J connectivity index is 2.16. The van der Waals surface area contributed by atoms with E-state index < -0.39 is 32.3 Å². The highest BCUT2D eigenvalue weighted by molar-refractivity contribution is 7.91. The van der Waals surface area contributed by atoms with Gasteiger partial charge in [0.15, 0.2) is 21.4 Å². The van der Waals surface area contributed by atoms with Crippen LogP contribution >= 0.6 is 11.6 Å². The Labute approximate surface area is 158 Å². The predicted molar refractivity (Wildman–Crippen MR) is 97.7 cm³/mol. The fourth-order valence-electron chi connectivity index (χ4n) is 3.93. The number of alkyl halides is 1. The van der Waals surface area contributed by atoms with Crippen LogP contribution in [0.25, 0.3) is 0 Å². The molecular formula is C19H21ClO5S. The SMILES string of the molecule is Cc1c(C(=O)C2C(=O)CCCC2Cl)ccc2c1C(=O)C(C)(C)CS2(=O)=O. The lowest BCUT2D eigenvalue weighted by Crippen LogP contribution is -2.40. The topological polar surface area (TPSA) is 85.3 Å². The van der Waals surface area contributed by atoms with E-state index in [-0.39, 0.29) is 33.3 Å². The van der Waals surface area contributed by atoms with Gasteiger partial charge in [0, 0.05) is 23.0 Å². The van der Waals surface area contributed by atoms with Gasteiger partial charge in [-0.3, -0.25) is 14.4 Å². The summed E-state index contributed by atoms with van der Waals surface area (Å²) in [6.45, 7) is 4.74. The molecule has 2 atom stereocenters. The standard InChI is InChI=1S/C19H21ClO5S/c1-10-11(17(22)16-12(20)5-4-6-13(16)21)7-8-14-15(10)18(23)19(2,3)9-26(14,24)25/h7-8,12,16H,4-6,9H2,1-3H3. The van der Waals surface area contributed by atoms with Crippen LogP contribution in [0, 0.1) is 18.3 Å². The normalized spacial score (nSPS) is 27.1. The molecule has 0 aromatic heterocycles. The van der Waals surface area contributed by atoms with Gasteiger partial charge in [-0.15, -0.1) is 11.6 Å². The molecule has 1 aromatic rings. The molecule has 2 aliphatic rings. The highest BCUT2D eigenvalue weighted by Crippen LogP contribution is 2.39. The van der Waals surface area contributed by atoms with Gasteiger partial charge in [0.2, 0.25) is 0 Å². The Kier molecular flexibility index (Phi) is 4.64. The monoisotopic (exact) mass is 396 g/mol. The summed E-state index contributed by atoms with van der Waals surface area (Å²) in [5.41, 5.74) is -0.470. The van der Waals surface area contributed by atoms with Crippen LogP contribution < -0.4 is 0 Å². The Bertz CT molecular complexity index is 929. The molecule has 1 aromatic carbocycles. The second-order valence-corrected chi connectivity index (χ2v) is 10.3. The Morgan fingerprint density at radius 2 is 1.88 bits per heavy atom. The largest absolute Gasteiger partial charge is 0.299 e. The molecule has 0 radical (unpaired) electrons. The maximum absolute atomic E-state index is 13.0. The second kappa shape index (κ2) is 6.27. The third-order valence-electron chi connectivity index (χ3n) is 5.31. The van der Waals surface area contributed by atoms with Crippen LogP contribution in [0.2, 0.25) is 0 Å². The second-order valence-electron chi connectivity index (χ2n) is 7.80. The minimum absolute atomic E-state index is 0.0340. The van der Waals surface area contributed by atoms with Gasteiger partial charge in [-0.2, -0.15) is 0 Å². The molecule has 26 heavy (non-hydrogen) atoms. The highest BCUT2D eigenvalue weighted by Gasteiger charge is 2.45. The molecule has 5 nitrogen and oxygen atoms in total. The van der Waals surface area contributed by atoms with Crippen LogP contribution in [-0.4, -0.2) is 36.9 Å². The number of Topliss-reactive ketones (excluding diaryl/α,β-unsaturated/α-hetero) is 3. The first kappa shape index (κ1) is 19.2. The van der Waals surface area contributed by atoms with Crippen molar-refractivity contribution in [3.8, 4) is 0 Å². The minimum Gasteiger partial charge on any atom is -0.299 e. The average Bonchev–Trinajstić information content (AvgIpc) is 2.51. The van der Waals surface area contributed by atoms with Crippen molar-refractivity contribution in [3.05, 3.63) is 28.8 Å². The van der Waals surface area contributed by atoms with Crippen molar-refractivity contribution in [3.63, 3.8) is 0 Å². The van der Waals surface area contributed by atoms with Crippen LogP contribution in [0.4, 0.5) is 0 Å². The fourth-order valence-corrected chi connectivity index (χ4v) is 6.40. The van der Waals surface area contributed by atoms with Crippen molar-refractivity contribution in [2.24, 2.45) is 11.3 Å². The molecule has 1 heterocycles. The molecule has 0 saturated heterocycles. The first-order valence-electron chi connectivity index (χ1n) is 8.59. The number of hydrogen-bond acceptors (Lipinski definition) is 5. The van der Waals surface area contributed by atoms with Crippen molar-refractivity contribution in [1.29, 1.82) is 0 Å². The first-order chi connectivity index (χ1) is 12.0. The number of sulfone groups is 1. The van der Waals surface area contributed by atoms with Gasteiger partial charge in [-0.25, -0.2) is 8.42 Å². The number of halogens is 1. The number of fused-ring (bicyclic) bond motifs is 1. The zero-order chi connectivity index (χ0) is 19.4. The predicted octanol–water partition coefficient (Wildman–Crippen LogP) is 3.15. The van der Waals surface area contributed by atoms with Gasteiger partial charge in [0.05, 0.1) is 21.9 Å². The first-order valence-corrected chi connectivity index (χ1v) is 10.7. The average molecular weight is 397 g/mol. The molecule has 1 fully saturated rings. The Hall–Kier alpha value is -1.53. The third kappa shape index (κ3) is 2.93. The summed E-state index contributed by atoms with van der Waals surface area (Å²) in [4.78, 5) is 38.0. The van der Waals surface area contributed by atoms with Crippen LogP contribution in [0.1, 0.15) is 59.4 Å². The molecule has 1 aliphatic carbocycles. The van der Waals surface area contributed by atoms with E-state index in [1.807, 2.05) is 0 Å². The molecule has 3 rings (SSSR count). The maximum Gasteiger partial charge on any atom is 0.180 e. The number of hydrogen-bond donors (Lipinski definition) is 0. The van der Waals surface area contributed by atoms with E-state index in [4.69, 9.17) is 11.6 Å². The fraction of sp³-hybridized carbons (Fsp3) is 0.526. The molecule has 1 aliphatic heterocycles. The maximum atomic E-state index is 13.0. The van der Waals surface area contributed by atoms with E-state index in [1.165, 1.54) is 12.1 Å². The summed E-state index contributed by atoms with van der Waals surface area (Å²) in [5.74, 6) is -2.12. The summed E-state index contributed by atoms with van der Waals surface area (Å²) >= 11 is 6.23. The van der Waals surface area contributed by atoms with Gasteiger partial charge in [0.25, 0.3) is 0 Å². The third-order valence-corrected chi connectivity index (χ3v) is 7.90. The quantitative estimate of drug-likeness (QED) is 0.435. The summed E-state index contributed by atoms with van der Waals surface area (Å²) in [7, 11) is -3.62. The molecule has 1 saturated carbocycles. The Morgan fingerprint density at radius 3 is 2.50 bits per heavy atom. The number of carbonyl (C=O) groups excluding carboxylic acids is 3. The highest BCUT2D eigenvalue weighted by atomic mass is 35.5. The van der Waals surface area contributed by atoms with Gasteiger partial charge < -0.3 is 0 Å². The molecular weight excluding hydrogens is 376 g/mol. The van der Waals surface area contributed by atoms with Crippen LogP contribution in [0.15, 0.2) is 17.0 Å². The molecule has 0 N–H and O–H groups in total. The van der Waals surface area contributed by atoms with Gasteiger partial charge in [-0.05, 0) is 37.5 Å². The summed E-state index contributed by atoms with van der Waals surface area (Å²) in [6, 6.07) is 2.72. The Morgan fingerprint density at radius 1 is 1.23 bits per heavy atom. The van der Waals surface area contributed by atoms with Crippen molar-refractivity contribution >= 4 is 38.8 Å². The number of benzene rings is 1. The van der Waals surface area contributed by atoms with Crippen LogP contribution in [0.5, 0.6) is 0 Å². The smallest absolute Gasteiger partial charge is 0.180 e. The summed E-state index contributed by atoms with van der Waals surface area (Å²) < 4.78 is 25.1. The zero-order valence-electron chi connectivity index (χ0n) is 15.0. The van der Waals surface area contributed by atoms with Gasteiger partial charge in [0.1, 0.15) is 5.78 Å².